The summed E-state index contributed by atoms with van der Waals surface area (Å²) >= 11 is 0. The number of amides is 1. The quantitative estimate of drug-likeness (QED) is 0.733. The lowest BCUT2D eigenvalue weighted by Gasteiger charge is -2.15. The fourth-order valence-corrected chi connectivity index (χ4v) is 1.47. The van der Waals surface area contributed by atoms with E-state index in [1.807, 2.05) is 30.3 Å². The molecule has 5 heteroatoms. The van der Waals surface area contributed by atoms with E-state index < -0.39 is 18.0 Å². The molecular formula is C13H17NO4. The maximum atomic E-state index is 11.2. The molecule has 1 aromatic rings. The summed E-state index contributed by atoms with van der Waals surface area (Å²) in [7, 11) is 1.29. The Balaban J connectivity index is 2.50. The molecule has 18 heavy (non-hydrogen) atoms. The highest BCUT2D eigenvalue weighted by atomic mass is 16.5. The van der Waals surface area contributed by atoms with Crippen molar-refractivity contribution in [1.82, 2.24) is 0 Å². The fraction of sp³-hybridized carbons (Fsp3) is 0.385. The highest BCUT2D eigenvalue weighted by Gasteiger charge is 2.17. The van der Waals surface area contributed by atoms with Crippen LogP contribution in [0.2, 0.25) is 0 Å². The molecule has 0 aliphatic carbocycles. The van der Waals surface area contributed by atoms with Gasteiger partial charge in [0.25, 0.3) is 0 Å². The van der Waals surface area contributed by atoms with Crippen LogP contribution < -0.4 is 5.73 Å². The first kappa shape index (κ1) is 14.2. The Morgan fingerprint density at radius 2 is 1.89 bits per heavy atom. The van der Waals surface area contributed by atoms with Crippen LogP contribution in [0.1, 0.15) is 18.4 Å². The van der Waals surface area contributed by atoms with E-state index >= 15 is 0 Å². The van der Waals surface area contributed by atoms with Crippen molar-refractivity contribution < 1.29 is 19.1 Å². The second-order valence-corrected chi connectivity index (χ2v) is 3.87. The van der Waals surface area contributed by atoms with Gasteiger partial charge in [-0.1, -0.05) is 30.3 Å². The minimum Gasteiger partial charge on any atom is -0.469 e. The zero-order valence-corrected chi connectivity index (χ0v) is 10.3. The Kier molecular flexibility index (Phi) is 5.87. The first-order valence-electron chi connectivity index (χ1n) is 5.62. The molecule has 0 radical (unpaired) electrons. The van der Waals surface area contributed by atoms with Crippen LogP contribution in [-0.2, 0) is 25.7 Å². The number of benzene rings is 1. The lowest BCUT2D eigenvalue weighted by atomic mass is 10.1. The molecule has 2 N–H and O–H groups in total. The average molecular weight is 251 g/mol. The van der Waals surface area contributed by atoms with Gasteiger partial charge in [-0.05, 0) is 5.56 Å². The van der Waals surface area contributed by atoms with E-state index in [1.54, 1.807) is 0 Å². The number of hydrogen-bond acceptors (Lipinski definition) is 4. The Hall–Kier alpha value is -1.88. The highest BCUT2D eigenvalue weighted by Crippen LogP contribution is 2.09. The van der Waals surface area contributed by atoms with Gasteiger partial charge in [0, 0.05) is 0 Å². The number of esters is 1. The SMILES string of the molecule is COC(=O)C[C@@H](CC(N)=O)OCc1ccccc1. The minimum atomic E-state index is -0.546. The average Bonchev–Trinajstić information content (AvgIpc) is 2.36. The van der Waals surface area contributed by atoms with E-state index in [1.165, 1.54) is 7.11 Å². The van der Waals surface area contributed by atoms with Gasteiger partial charge in [-0.3, -0.25) is 9.59 Å². The Labute approximate surface area is 106 Å². The molecule has 0 aromatic heterocycles. The monoisotopic (exact) mass is 251 g/mol. The lowest BCUT2D eigenvalue weighted by molar-refractivity contribution is -0.144. The minimum absolute atomic E-state index is 0.00192. The smallest absolute Gasteiger partial charge is 0.308 e. The van der Waals surface area contributed by atoms with Crippen molar-refractivity contribution in [1.29, 1.82) is 0 Å². The van der Waals surface area contributed by atoms with Crippen molar-refractivity contribution in [2.24, 2.45) is 5.73 Å². The summed E-state index contributed by atoms with van der Waals surface area (Å²) in [4.78, 5) is 22.0. The van der Waals surface area contributed by atoms with Crippen LogP contribution in [0, 0.1) is 0 Å². The van der Waals surface area contributed by atoms with Gasteiger partial charge in [-0.2, -0.15) is 0 Å². The van der Waals surface area contributed by atoms with Crippen molar-refractivity contribution in [2.45, 2.75) is 25.6 Å². The Bertz CT molecular complexity index is 391. The molecule has 0 unspecified atom stereocenters. The van der Waals surface area contributed by atoms with Crippen LogP contribution in [0.4, 0.5) is 0 Å². The van der Waals surface area contributed by atoms with E-state index in [9.17, 15) is 9.59 Å². The van der Waals surface area contributed by atoms with Gasteiger partial charge in [0.05, 0.1) is 32.7 Å². The molecule has 1 rings (SSSR count). The number of carbonyl (C=O) groups is 2. The van der Waals surface area contributed by atoms with Crippen molar-refractivity contribution in [3.63, 3.8) is 0 Å². The normalized spacial score (nSPS) is 11.8. The lowest BCUT2D eigenvalue weighted by Crippen LogP contribution is -2.25. The predicted molar refractivity (Wildman–Crippen MR) is 65.5 cm³/mol. The van der Waals surface area contributed by atoms with Crippen molar-refractivity contribution in [2.75, 3.05) is 7.11 Å². The van der Waals surface area contributed by atoms with E-state index in [0.717, 1.165) is 5.56 Å². The van der Waals surface area contributed by atoms with Gasteiger partial charge in [0.15, 0.2) is 0 Å². The first-order chi connectivity index (χ1) is 8.61. The van der Waals surface area contributed by atoms with Crippen LogP contribution in [0.3, 0.4) is 0 Å². The number of rotatable bonds is 7. The highest BCUT2D eigenvalue weighted by molar-refractivity contribution is 5.76. The van der Waals surface area contributed by atoms with Crippen molar-refractivity contribution >= 4 is 11.9 Å². The number of methoxy groups -OCH3 is 1. The van der Waals surface area contributed by atoms with Crippen LogP contribution in [-0.4, -0.2) is 25.1 Å². The van der Waals surface area contributed by atoms with E-state index in [-0.39, 0.29) is 12.8 Å². The molecule has 0 aliphatic heterocycles. The summed E-state index contributed by atoms with van der Waals surface area (Å²) in [6, 6.07) is 9.49. The van der Waals surface area contributed by atoms with Crippen LogP contribution >= 0.6 is 0 Å². The van der Waals surface area contributed by atoms with E-state index in [0.29, 0.717) is 6.61 Å². The second-order valence-electron chi connectivity index (χ2n) is 3.87. The molecule has 0 heterocycles. The summed E-state index contributed by atoms with van der Waals surface area (Å²) in [5.74, 6) is -0.925. The maximum absolute atomic E-state index is 11.2. The molecule has 1 amide bonds. The van der Waals surface area contributed by atoms with E-state index in [4.69, 9.17) is 10.5 Å². The molecule has 0 aliphatic rings. The largest absolute Gasteiger partial charge is 0.469 e. The molecule has 5 nitrogen and oxygen atoms in total. The maximum Gasteiger partial charge on any atom is 0.308 e. The number of nitrogens with two attached hydrogens (primary N) is 1. The van der Waals surface area contributed by atoms with E-state index in [2.05, 4.69) is 4.74 Å². The molecule has 0 fully saturated rings. The molecule has 1 atom stereocenters. The zero-order valence-electron chi connectivity index (χ0n) is 10.3. The predicted octanol–water partition coefficient (Wildman–Crippen LogP) is 1.01. The van der Waals surface area contributed by atoms with Gasteiger partial charge < -0.3 is 15.2 Å². The van der Waals surface area contributed by atoms with Gasteiger partial charge in [0.1, 0.15) is 0 Å². The molecule has 0 saturated heterocycles. The fourth-order valence-electron chi connectivity index (χ4n) is 1.47. The summed E-state index contributed by atoms with van der Waals surface area (Å²) in [6.45, 7) is 0.329. The standard InChI is InChI=1S/C13H17NO4/c1-17-13(16)8-11(7-12(14)15)18-9-10-5-3-2-4-6-10/h2-6,11H,7-9H2,1H3,(H2,14,15)/t11-/m1/s1. The van der Waals surface area contributed by atoms with Gasteiger partial charge in [0.2, 0.25) is 5.91 Å². The molecule has 0 bridgehead atoms. The van der Waals surface area contributed by atoms with Gasteiger partial charge >= 0.3 is 5.97 Å². The number of hydrogen-bond donors (Lipinski definition) is 1. The molecule has 0 saturated carbocycles. The van der Waals surface area contributed by atoms with Gasteiger partial charge in [-0.25, -0.2) is 0 Å². The summed E-state index contributed by atoms with van der Waals surface area (Å²) in [5.41, 5.74) is 6.08. The molecular weight excluding hydrogens is 234 g/mol. The zero-order chi connectivity index (χ0) is 13.4. The van der Waals surface area contributed by atoms with Crippen molar-refractivity contribution in [3.8, 4) is 0 Å². The van der Waals surface area contributed by atoms with Crippen molar-refractivity contribution in [3.05, 3.63) is 35.9 Å². The number of ether oxygens (including phenoxy) is 2. The summed E-state index contributed by atoms with van der Waals surface area (Å²) in [5, 5.41) is 0. The topological polar surface area (TPSA) is 78.6 Å². The van der Waals surface area contributed by atoms with Crippen LogP contribution in [0.5, 0.6) is 0 Å². The van der Waals surface area contributed by atoms with Crippen LogP contribution in [0.25, 0.3) is 0 Å². The summed E-state index contributed by atoms with van der Waals surface area (Å²) in [6.07, 6.45) is -0.524. The van der Waals surface area contributed by atoms with Gasteiger partial charge in [-0.15, -0.1) is 0 Å². The molecule has 0 spiro atoms. The number of primary amides is 1. The second kappa shape index (κ2) is 7.45. The Morgan fingerprint density at radius 3 is 2.44 bits per heavy atom. The third-order valence-electron chi connectivity index (χ3n) is 2.38. The third-order valence-corrected chi connectivity index (χ3v) is 2.38. The third kappa shape index (κ3) is 5.45. The Morgan fingerprint density at radius 1 is 1.22 bits per heavy atom. The summed E-state index contributed by atoms with van der Waals surface area (Å²) < 4.78 is 10.1. The molecule has 98 valence electrons. The van der Waals surface area contributed by atoms with Crippen LogP contribution in [0.15, 0.2) is 30.3 Å². The molecule has 1 aromatic carbocycles. The number of carbonyl (C=O) groups excluding carboxylic acids is 2. The first-order valence-corrected chi connectivity index (χ1v) is 5.62.